The molecule has 1 rings (SSSR count). The predicted octanol–water partition coefficient (Wildman–Crippen LogP) is 3.01. The number of Topliss-reactive ketones (excluding diaryl/α,β-unsaturated/α-hetero) is 1. The molecule has 0 aliphatic rings. The van der Waals surface area contributed by atoms with Crippen molar-refractivity contribution in [3.8, 4) is 0 Å². The van der Waals surface area contributed by atoms with Gasteiger partial charge in [-0.1, -0.05) is 28.9 Å². The van der Waals surface area contributed by atoms with E-state index in [1.165, 1.54) is 0 Å². The van der Waals surface area contributed by atoms with E-state index in [0.717, 1.165) is 5.56 Å². The Hall–Kier alpha value is -1.88. The molecule has 114 valence electrons. The largest absolute Gasteiger partial charge is 0.455 e. The number of carbonyl (C=O) groups is 2. The number of nitrogens with zero attached hydrogens (tertiary/aromatic N) is 1. The van der Waals surface area contributed by atoms with Gasteiger partial charge in [0, 0.05) is 11.4 Å². The minimum absolute atomic E-state index is 0.0268. The second-order valence-corrected chi connectivity index (χ2v) is 5.94. The lowest BCUT2D eigenvalue weighted by Crippen LogP contribution is -2.33. The first-order valence-electron chi connectivity index (χ1n) is 6.46. The molecule has 0 heterocycles. The third-order valence-electron chi connectivity index (χ3n) is 2.49. The van der Waals surface area contributed by atoms with Crippen molar-refractivity contribution in [1.82, 2.24) is 0 Å². The molecular formula is C15H18ClNO4. The van der Waals surface area contributed by atoms with Crippen LogP contribution < -0.4 is 0 Å². The van der Waals surface area contributed by atoms with Gasteiger partial charge in [0.2, 0.25) is 5.71 Å². The van der Waals surface area contributed by atoms with Crippen LogP contribution in [0.4, 0.5) is 0 Å². The molecule has 0 unspecified atom stereocenters. The van der Waals surface area contributed by atoms with Crippen LogP contribution in [0.5, 0.6) is 0 Å². The Morgan fingerprint density at radius 1 is 1.33 bits per heavy atom. The SMILES string of the molecule is CC(C)(C)OC(=O)/C(=N\O)C(=O)CCc1cccc(Cl)c1. The van der Waals surface area contributed by atoms with Crippen molar-refractivity contribution in [2.75, 3.05) is 0 Å². The van der Waals surface area contributed by atoms with E-state index in [4.69, 9.17) is 21.5 Å². The van der Waals surface area contributed by atoms with Gasteiger partial charge in [-0.05, 0) is 44.9 Å². The summed E-state index contributed by atoms with van der Waals surface area (Å²) in [6.07, 6.45) is 0.417. The molecule has 0 bridgehead atoms. The highest BCUT2D eigenvalue weighted by atomic mass is 35.5. The minimum Gasteiger partial charge on any atom is -0.455 e. The molecular weight excluding hydrogens is 294 g/mol. The molecule has 0 radical (unpaired) electrons. The van der Waals surface area contributed by atoms with Crippen molar-refractivity contribution in [2.24, 2.45) is 5.16 Å². The lowest BCUT2D eigenvalue weighted by molar-refractivity contribution is -0.146. The first-order chi connectivity index (χ1) is 9.73. The molecule has 5 nitrogen and oxygen atoms in total. The molecule has 0 atom stereocenters. The van der Waals surface area contributed by atoms with Crippen LogP contribution in [0.15, 0.2) is 29.4 Å². The smallest absolute Gasteiger partial charge is 0.364 e. The maximum absolute atomic E-state index is 11.9. The number of hydrogen-bond acceptors (Lipinski definition) is 5. The van der Waals surface area contributed by atoms with Crippen LogP contribution in [-0.4, -0.2) is 28.3 Å². The van der Waals surface area contributed by atoms with Crippen LogP contribution in [0.2, 0.25) is 5.02 Å². The van der Waals surface area contributed by atoms with Crippen molar-refractivity contribution in [3.05, 3.63) is 34.9 Å². The summed E-state index contributed by atoms with van der Waals surface area (Å²) in [4.78, 5) is 23.7. The van der Waals surface area contributed by atoms with Crippen LogP contribution in [0.1, 0.15) is 32.8 Å². The Kier molecular flexibility index (Phi) is 5.90. The van der Waals surface area contributed by atoms with E-state index < -0.39 is 23.1 Å². The number of carbonyl (C=O) groups excluding carboxylic acids is 2. The number of benzene rings is 1. The van der Waals surface area contributed by atoms with Crippen molar-refractivity contribution in [2.45, 2.75) is 39.2 Å². The summed E-state index contributed by atoms with van der Waals surface area (Å²) in [5.74, 6) is -1.51. The lowest BCUT2D eigenvalue weighted by atomic mass is 10.1. The molecule has 21 heavy (non-hydrogen) atoms. The van der Waals surface area contributed by atoms with Crippen molar-refractivity contribution >= 4 is 29.1 Å². The molecule has 0 aliphatic heterocycles. The van der Waals surface area contributed by atoms with Gasteiger partial charge < -0.3 is 9.94 Å². The number of ether oxygens (including phenoxy) is 1. The van der Waals surface area contributed by atoms with Crippen LogP contribution in [0.3, 0.4) is 0 Å². The number of esters is 1. The van der Waals surface area contributed by atoms with Crippen LogP contribution in [0.25, 0.3) is 0 Å². The van der Waals surface area contributed by atoms with E-state index in [-0.39, 0.29) is 6.42 Å². The van der Waals surface area contributed by atoms with Gasteiger partial charge in [-0.15, -0.1) is 0 Å². The van der Waals surface area contributed by atoms with E-state index in [1.54, 1.807) is 39.0 Å². The molecule has 1 aromatic carbocycles. The van der Waals surface area contributed by atoms with E-state index in [9.17, 15) is 9.59 Å². The predicted molar refractivity (Wildman–Crippen MR) is 79.8 cm³/mol. The molecule has 0 aromatic heterocycles. The van der Waals surface area contributed by atoms with Gasteiger partial charge in [0.1, 0.15) is 5.60 Å². The second-order valence-electron chi connectivity index (χ2n) is 5.50. The third kappa shape index (κ3) is 5.95. The summed E-state index contributed by atoms with van der Waals surface area (Å²) >= 11 is 5.85. The van der Waals surface area contributed by atoms with Gasteiger partial charge in [-0.2, -0.15) is 0 Å². The van der Waals surface area contributed by atoms with E-state index in [0.29, 0.717) is 11.4 Å². The van der Waals surface area contributed by atoms with Crippen LogP contribution in [-0.2, 0) is 20.7 Å². The number of rotatable bonds is 5. The summed E-state index contributed by atoms with van der Waals surface area (Å²) in [5, 5.41) is 12.2. The third-order valence-corrected chi connectivity index (χ3v) is 2.72. The first kappa shape index (κ1) is 17.2. The fourth-order valence-corrected chi connectivity index (χ4v) is 1.82. The highest BCUT2D eigenvalue weighted by Crippen LogP contribution is 2.13. The summed E-state index contributed by atoms with van der Waals surface area (Å²) in [6.45, 7) is 4.99. The average molecular weight is 312 g/mol. The number of ketones is 1. The summed E-state index contributed by atoms with van der Waals surface area (Å²) in [7, 11) is 0. The maximum atomic E-state index is 11.9. The zero-order chi connectivity index (χ0) is 16.0. The van der Waals surface area contributed by atoms with E-state index in [1.807, 2.05) is 6.07 Å². The molecule has 6 heteroatoms. The summed E-state index contributed by atoms with van der Waals surface area (Å²) < 4.78 is 5.01. The fourth-order valence-electron chi connectivity index (χ4n) is 1.61. The molecule has 0 aliphatic carbocycles. The summed E-state index contributed by atoms with van der Waals surface area (Å²) in [5.41, 5.74) is -0.496. The monoisotopic (exact) mass is 311 g/mol. The van der Waals surface area contributed by atoms with Gasteiger partial charge >= 0.3 is 5.97 Å². The van der Waals surface area contributed by atoms with Gasteiger partial charge in [-0.3, -0.25) is 4.79 Å². The first-order valence-corrected chi connectivity index (χ1v) is 6.84. The molecule has 0 amide bonds. The summed E-state index contributed by atoms with van der Waals surface area (Å²) in [6, 6.07) is 7.06. The van der Waals surface area contributed by atoms with Gasteiger partial charge in [0.25, 0.3) is 0 Å². The quantitative estimate of drug-likeness (QED) is 0.298. The van der Waals surface area contributed by atoms with Crippen LogP contribution >= 0.6 is 11.6 Å². The maximum Gasteiger partial charge on any atom is 0.364 e. The van der Waals surface area contributed by atoms with Crippen LogP contribution in [0, 0.1) is 0 Å². The minimum atomic E-state index is -0.930. The lowest BCUT2D eigenvalue weighted by Gasteiger charge is -2.19. The molecule has 0 saturated carbocycles. The number of aryl methyl sites for hydroxylation is 1. The number of halogens is 1. The van der Waals surface area contributed by atoms with Gasteiger partial charge in [0.15, 0.2) is 5.78 Å². The highest BCUT2D eigenvalue weighted by molar-refractivity contribution is 6.64. The van der Waals surface area contributed by atoms with Crippen molar-refractivity contribution in [3.63, 3.8) is 0 Å². The fraction of sp³-hybridized carbons (Fsp3) is 0.400. The van der Waals surface area contributed by atoms with Gasteiger partial charge in [0.05, 0.1) is 0 Å². The highest BCUT2D eigenvalue weighted by Gasteiger charge is 2.26. The Bertz CT molecular complexity index is 561. The molecule has 1 aromatic rings. The molecule has 0 fully saturated rings. The number of oxime groups is 1. The van der Waals surface area contributed by atoms with Crippen molar-refractivity contribution < 1.29 is 19.5 Å². The average Bonchev–Trinajstić information content (AvgIpc) is 2.35. The Morgan fingerprint density at radius 2 is 2.00 bits per heavy atom. The van der Waals surface area contributed by atoms with Gasteiger partial charge in [-0.25, -0.2) is 4.79 Å². The van der Waals surface area contributed by atoms with E-state index in [2.05, 4.69) is 5.16 Å². The Balaban J connectivity index is 2.66. The molecule has 1 N–H and O–H groups in total. The Morgan fingerprint density at radius 3 is 2.52 bits per heavy atom. The zero-order valence-electron chi connectivity index (χ0n) is 12.2. The zero-order valence-corrected chi connectivity index (χ0v) is 13.0. The molecule has 0 saturated heterocycles. The molecule has 0 spiro atoms. The second kappa shape index (κ2) is 7.22. The topological polar surface area (TPSA) is 76.0 Å². The van der Waals surface area contributed by atoms with E-state index >= 15 is 0 Å². The normalized spacial score (nSPS) is 12.1. The standard InChI is InChI=1S/C15H18ClNO4/c1-15(2,3)21-14(19)13(17-20)12(18)8-7-10-5-4-6-11(16)9-10/h4-6,9,20H,7-8H2,1-3H3/b17-13-. The Labute approximate surface area is 128 Å². The number of hydrogen-bond donors (Lipinski definition) is 1. The van der Waals surface area contributed by atoms with Crippen molar-refractivity contribution in [1.29, 1.82) is 0 Å².